The van der Waals surface area contributed by atoms with Crippen molar-refractivity contribution in [3.8, 4) is 0 Å². The molecule has 5 nitrogen and oxygen atoms in total. The van der Waals surface area contributed by atoms with Gasteiger partial charge in [0.25, 0.3) is 5.91 Å². The van der Waals surface area contributed by atoms with Gasteiger partial charge in [-0.15, -0.1) is 0 Å². The number of nitrogens with two attached hydrogens (primary N) is 1. The lowest BCUT2D eigenvalue weighted by Gasteiger charge is -2.30. The Morgan fingerprint density at radius 3 is 2.42 bits per heavy atom. The number of carbonyl (C=O) groups excluding carboxylic acids is 2. The number of hydrogen-bond acceptors (Lipinski definition) is 3. The Morgan fingerprint density at radius 2 is 1.88 bits per heavy atom. The lowest BCUT2D eigenvalue weighted by atomic mass is 9.98. The van der Waals surface area contributed by atoms with Crippen molar-refractivity contribution in [3.63, 3.8) is 0 Å². The fraction of sp³-hybridized carbons (Fsp3) is 0.579. The van der Waals surface area contributed by atoms with Crippen LogP contribution in [-0.2, 0) is 4.79 Å². The van der Waals surface area contributed by atoms with Crippen LogP contribution in [0.4, 0.5) is 5.69 Å². The maximum Gasteiger partial charge on any atom is 0.253 e. The van der Waals surface area contributed by atoms with Crippen molar-refractivity contribution in [3.05, 3.63) is 29.3 Å². The molecule has 5 heteroatoms. The molecule has 1 aromatic rings. The van der Waals surface area contributed by atoms with Gasteiger partial charge in [-0.25, -0.2) is 0 Å². The van der Waals surface area contributed by atoms with Gasteiger partial charge in [-0.1, -0.05) is 20.8 Å². The van der Waals surface area contributed by atoms with Crippen LogP contribution < -0.4 is 11.1 Å². The first-order valence-electron chi connectivity index (χ1n) is 8.76. The molecule has 3 N–H and O–H groups in total. The molecular formula is C19H29N3O2. The molecule has 0 radical (unpaired) electrons. The number of rotatable bonds is 4. The summed E-state index contributed by atoms with van der Waals surface area (Å²) in [6, 6.07) is 4.88. The Bertz CT molecular complexity index is 605. The van der Waals surface area contributed by atoms with E-state index in [1.807, 2.05) is 31.7 Å². The van der Waals surface area contributed by atoms with E-state index in [0.29, 0.717) is 17.2 Å². The number of amides is 2. The van der Waals surface area contributed by atoms with Crippen LogP contribution in [0.2, 0.25) is 0 Å². The van der Waals surface area contributed by atoms with E-state index in [4.69, 9.17) is 5.73 Å². The maximum atomic E-state index is 12.6. The molecule has 1 aliphatic heterocycles. The van der Waals surface area contributed by atoms with Gasteiger partial charge in [0, 0.05) is 24.3 Å². The summed E-state index contributed by atoms with van der Waals surface area (Å²) in [6.45, 7) is 9.59. The van der Waals surface area contributed by atoms with Gasteiger partial charge in [-0.05, 0) is 55.4 Å². The maximum absolute atomic E-state index is 12.6. The van der Waals surface area contributed by atoms with Gasteiger partial charge in [0.2, 0.25) is 5.91 Å². The summed E-state index contributed by atoms with van der Waals surface area (Å²) in [5.74, 6) is 0.644. The fourth-order valence-corrected chi connectivity index (χ4v) is 2.85. The minimum Gasteiger partial charge on any atom is -0.339 e. The molecule has 2 amide bonds. The Morgan fingerprint density at radius 1 is 1.25 bits per heavy atom. The number of nitrogens with one attached hydrogen (secondary N) is 1. The van der Waals surface area contributed by atoms with Gasteiger partial charge in [0.15, 0.2) is 0 Å². The lowest BCUT2D eigenvalue weighted by Crippen LogP contribution is -2.40. The SMILES string of the molecule is Cc1cc(C(=O)N2CCC(C)CC2)ccc1NC(=O)C(N)C(C)C. The molecule has 0 bridgehead atoms. The molecular weight excluding hydrogens is 302 g/mol. The fourth-order valence-electron chi connectivity index (χ4n) is 2.85. The highest BCUT2D eigenvalue weighted by Gasteiger charge is 2.22. The van der Waals surface area contributed by atoms with Gasteiger partial charge in [-0.3, -0.25) is 9.59 Å². The summed E-state index contributed by atoms with van der Waals surface area (Å²) in [7, 11) is 0. The van der Waals surface area contributed by atoms with Crippen molar-refractivity contribution >= 4 is 17.5 Å². The van der Waals surface area contributed by atoms with Crippen molar-refractivity contribution in [2.24, 2.45) is 17.6 Å². The summed E-state index contributed by atoms with van der Waals surface area (Å²) in [6.07, 6.45) is 2.12. The molecule has 1 fully saturated rings. The highest BCUT2D eigenvalue weighted by molar-refractivity contribution is 5.98. The van der Waals surface area contributed by atoms with E-state index in [-0.39, 0.29) is 17.7 Å². The van der Waals surface area contributed by atoms with Crippen LogP contribution in [-0.4, -0.2) is 35.8 Å². The zero-order valence-electron chi connectivity index (χ0n) is 15.1. The molecule has 1 aliphatic rings. The molecule has 1 aromatic carbocycles. The molecule has 2 rings (SSSR count). The Labute approximate surface area is 144 Å². The third-order valence-electron chi connectivity index (χ3n) is 4.82. The quantitative estimate of drug-likeness (QED) is 0.891. The van der Waals surface area contributed by atoms with E-state index in [9.17, 15) is 9.59 Å². The minimum absolute atomic E-state index is 0.0711. The van der Waals surface area contributed by atoms with E-state index in [1.54, 1.807) is 12.1 Å². The van der Waals surface area contributed by atoms with Crippen LogP contribution in [0.3, 0.4) is 0 Å². The predicted molar refractivity (Wildman–Crippen MR) is 96.9 cm³/mol. The third-order valence-corrected chi connectivity index (χ3v) is 4.82. The number of aryl methyl sites for hydroxylation is 1. The van der Waals surface area contributed by atoms with E-state index in [2.05, 4.69) is 12.2 Å². The van der Waals surface area contributed by atoms with E-state index in [1.165, 1.54) is 0 Å². The van der Waals surface area contributed by atoms with Crippen LogP contribution in [0.5, 0.6) is 0 Å². The number of nitrogens with zero attached hydrogens (tertiary/aromatic N) is 1. The summed E-state index contributed by atoms with van der Waals surface area (Å²) in [5.41, 5.74) is 8.13. The van der Waals surface area contributed by atoms with Gasteiger partial charge in [0.1, 0.15) is 0 Å². The average molecular weight is 331 g/mol. The molecule has 1 heterocycles. The summed E-state index contributed by atoms with van der Waals surface area (Å²) < 4.78 is 0. The van der Waals surface area contributed by atoms with Crippen LogP contribution in [0.1, 0.15) is 49.5 Å². The number of carbonyl (C=O) groups is 2. The molecule has 0 spiro atoms. The van der Waals surface area contributed by atoms with Gasteiger partial charge >= 0.3 is 0 Å². The molecule has 1 unspecified atom stereocenters. The van der Waals surface area contributed by atoms with Crippen LogP contribution >= 0.6 is 0 Å². The van der Waals surface area contributed by atoms with Gasteiger partial charge < -0.3 is 16.0 Å². The first kappa shape index (κ1) is 18.5. The molecule has 0 aromatic heterocycles. The minimum atomic E-state index is -0.541. The first-order chi connectivity index (χ1) is 11.3. The molecule has 1 saturated heterocycles. The van der Waals surface area contributed by atoms with Crippen molar-refractivity contribution in [1.29, 1.82) is 0 Å². The Kier molecular flexibility index (Phi) is 5.99. The summed E-state index contributed by atoms with van der Waals surface area (Å²) in [4.78, 5) is 26.6. The average Bonchev–Trinajstić information content (AvgIpc) is 2.55. The highest BCUT2D eigenvalue weighted by atomic mass is 16.2. The smallest absolute Gasteiger partial charge is 0.253 e. The van der Waals surface area contributed by atoms with Crippen molar-refractivity contribution in [2.45, 2.75) is 46.6 Å². The topological polar surface area (TPSA) is 75.4 Å². The molecule has 0 aliphatic carbocycles. The van der Waals surface area contributed by atoms with Crippen LogP contribution in [0.25, 0.3) is 0 Å². The third kappa shape index (κ3) is 4.35. The first-order valence-corrected chi connectivity index (χ1v) is 8.76. The summed E-state index contributed by atoms with van der Waals surface area (Å²) in [5, 5.41) is 2.85. The number of likely N-dealkylation sites (tertiary alicyclic amines) is 1. The normalized spacial score (nSPS) is 17.0. The van der Waals surface area contributed by atoms with Gasteiger partial charge in [-0.2, -0.15) is 0 Å². The predicted octanol–water partition coefficient (Wildman–Crippen LogP) is 2.79. The van der Waals surface area contributed by atoms with E-state index >= 15 is 0 Å². The van der Waals surface area contributed by atoms with E-state index in [0.717, 1.165) is 31.5 Å². The van der Waals surface area contributed by atoms with Crippen molar-refractivity contribution in [1.82, 2.24) is 4.90 Å². The molecule has 132 valence electrons. The number of anilines is 1. The van der Waals surface area contributed by atoms with E-state index < -0.39 is 6.04 Å². The second-order valence-electron chi connectivity index (χ2n) is 7.26. The second-order valence-corrected chi connectivity index (χ2v) is 7.26. The molecule has 0 saturated carbocycles. The number of piperidine rings is 1. The number of benzene rings is 1. The second kappa shape index (κ2) is 7.79. The molecule has 24 heavy (non-hydrogen) atoms. The largest absolute Gasteiger partial charge is 0.339 e. The summed E-state index contributed by atoms with van der Waals surface area (Å²) >= 11 is 0. The van der Waals surface area contributed by atoms with Gasteiger partial charge in [0.05, 0.1) is 6.04 Å². The zero-order chi connectivity index (χ0) is 17.9. The Hall–Kier alpha value is -1.88. The molecule has 1 atom stereocenters. The Balaban J connectivity index is 2.06. The number of hydrogen-bond donors (Lipinski definition) is 2. The monoisotopic (exact) mass is 331 g/mol. The van der Waals surface area contributed by atoms with Crippen LogP contribution in [0.15, 0.2) is 18.2 Å². The highest BCUT2D eigenvalue weighted by Crippen LogP contribution is 2.21. The van der Waals surface area contributed by atoms with Crippen molar-refractivity contribution in [2.75, 3.05) is 18.4 Å². The zero-order valence-corrected chi connectivity index (χ0v) is 15.1. The van der Waals surface area contributed by atoms with Crippen LogP contribution in [0, 0.1) is 18.8 Å². The van der Waals surface area contributed by atoms with Crippen molar-refractivity contribution < 1.29 is 9.59 Å². The standard InChI is InChI=1S/C19H29N3O2/c1-12(2)17(20)18(23)21-16-6-5-15(11-14(16)4)19(24)22-9-7-13(3)8-10-22/h5-6,11-13,17H,7-10,20H2,1-4H3,(H,21,23). The lowest BCUT2D eigenvalue weighted by molar-refractivity contribution is -0.118.